The monoisotopic (exact) mass is 302 g/mol. The summed E-state index contributed by atoms with van der Waals surface area (Å²) in [6.45, 7) is 4.59. The van der Waals surface area contributed by atoms with Crippen LogP contribution in [0.25, 0.3) is 0 Å². The van der Waals surface area contributed by atoms with Gasteiger partial charge in [0, 0.05) is 29.4 Å². The molecular weight excluding hydrogens is 284 g/mol. The highest BCUT2D eigenvalue weighted by Crippen LogP contribution is 2.17. The van der Waals surface area contributed by atoms with Crippen molar-refractivity contribution in [1.82, 2.24) is 0 Å². The molecule has 0 atom stereocenters. The van der Waals surface area contributed by atoms with Gasteiger partial charge in [-0.15, -0.1) is 0 Å². The van der Waals surface area contributed by atoms with Gasteiger partial charge in [0.1, 0.15) is 0 Å². The van der Waals surface area contributed by atoms with Crippen LogP contribution in [0.15, 0.2) is 42.5 Å². The van der Waals surface area contributed by atoms with Gasteiger partial charge in [-0.1, -0.05) is 35.4 Å². The van der Waals surface area contributed by atoms with Gasteiger partial charge in [-0.2, -0.15) is 0 Å². The summed E-state index contributed by atoms with van der Waals surface area (Å²) in [5.74, 6) is -0.00326. The van der Waals surface area contributed by atoms with E-state index in [-0.39, 0.29) is 5.91 Å². The summed E-state index contributed by atoms with van der Waals surface area (Å²) in [5.41, 5.74) is 4.05. The summed E-state index contributed by atoms with van der Waals surface area (Å²) in [7, 11) is 0. The second kappa shape index (κ2) is 7.14. The molecule has 0 fully saturated rings. The highest BCUT2D eigenvalue weighted by atomic mass is 35.5. The Balaban J connectivity index is 1.82. The molecule has 0 spiro atoms. The van der Waals surface area contributed by atoms with Crippen molar-refractivity contribution in [1.29, 1.82) is 0 Å². The molecule has 0 aliphatic heterocycles. The zero-order valence-electron chi connectivity index (χ0n) is 12.2. The Morgan fingerprint density at radius 2 is 1.95 bits per heavy atom. The first-order valence-corrected chi connectivity index (χ1v) is 7.29. The summed E-state index contributed by atoms with van der Waals surface area (Å²) in [6, 6.07) is 13.4. The lowest BCUT2D eigenvalue weighted by Gasteiger charge is -2.10. The van der Waals surface area contributed by atoms with Crippen LogP contribution in [0.2, 0.25) is 5.02 Å². The highest BCUT2D eigenvalue weighted by molar-refractivity contribution is 6.30. The molecule has 21 heavy (non-hydrogen) atoms. The first-order valence-electron chi connectivity index (χ1n) is 6.91. The molecule has 2 rings (SSSR count). The number of rotatable bonds is 5. The van der Waals surface area contributed by atoms with Crippen molar-refractivity contribution in [2.75, 3.05) is 17.2 Å². The van der Waals surface area contributed by atoms with Gasteiger partial charge in [-0.3, -0.25) is 4.79 Å². The van der Waals surface area contributed by atoms with E-state index in [0.29, 0.717) is 18.0 Å². The number of carbonyl (C=O) groups excluding carboxylic acids is 1. The van der Waals surface area contributed by atoms with Gasteiger partial charge < -0.3 is 10.6 Å². The minimum Gasteiger partial charge on any atom is -0.384 e. The fraction of sp³-hybridized carbons (Fsp3) is 0.235. The standard InChI is InChI=1S/C17H19ClN2O/c1-12-6-7-16(13(2)10-12)20-17(21)8-9-19-15-5-3-4-14(18)11-15/h3-7,10-11,19H,8-9H2,1-2H3,(H,20,21). The largest absolute Gasteiger partial charge is 0.384 e. The van der Waals surface area contributed by atoms with Gasteiger partial charge in [-0.25, -0.2) is 0 Å². The van der Waals surface area contributed by atoms with Crippen LogP contribution in [0.5, 0.6) is 0 Å². The van der Waals surface area contributed by atoms with Crippen LogP contribution >= 0.6 is 11.6 Å². The molecule has 0 unspecified atom stereocenters. The summed E-state index contributed by atoms with van der Waals surface area (Å²) >= 11 is 5.90. The van der Waals surface area contributed by atoms with Gasteiger partial charge in [0.05, 0.1) is 0 Å². The van der Waals surface area contributed by atoms with Crippen molar-refractivity contribution in [2.24, 2.45) is 0 Å². The van der Waals surface area contributed by atoms with Crippen LogP contribution < -0.4 is 10.6 Å². The van der Waals surface area contributed by atoms with Gasteiger partial charge in [0.25, 0.3) is 0 Å². The van der Waals surface area contributed by atoms with E-state index in [0.717, 1.165) is 16.9 Å². The number of carbonyl (C=O) groups is 1. The molecule has 0 aliphatic carbocycles. The topological polar surface area (TPSA) is 41.1 Å². The Kier molecular flexibility index (Phi) is 5.23. The van der Waals surface area contributed by atoms with Crippen molar-refractivity contribution in [2.45, 2.75) is 20.3 Å². The van der Waals surface area contributed by atoms with E-state index in [1.54, 1.807) is 0 Å². The molecule has 0 heterocycles. The van der Waals surface area contributed by atoms with Crippen LogP contribution in [-0.2, 0) is 4.79 Å². The van der Waals surface area contributed by atoms with Crippen molar-refractivity contribution >= 4 is 28.9 Å². The van der Waals surface area contributed by atoms with Crippen molar-refractivity contribution in [3.63, 3.8) is 0 Å². The summed E-state index contributed by atoms with van der Waals surface area (Å²) in [4.78, 5) is 11.9. The van der Waals surface area contributed by atoms with Crippen molar-refractivity contribution in [3.05, 3.63) is 58.6 Å². The summed E-state index contributed by atoms with van der Waals surface area (Å²) in [6.07, 6.45) is 0.403. The van der Waals surface area contributed by atoms with Gasteiger partial charge >= 0.3 is 0 Å². The zero-order valence-corrected chi connectivity index (χ0v) is 13.0. The maximum atomic E-state index is 11.9. The number of amides is 1. The van der Waals surface area contributed by atoms with Crippen LogP contribution in [0.3, 0.4) is 0 Å². The average Bonchev–Trinajstić information content (AvgIpc) is 2.42. The third kappa shape index (κ3) is 4.80. The fourth-order valence-corrected chi connectivity index (χ4v) is 2.28. The predicted molar refractivity (Wildman–Crippen MR) is 89.1 cm³/mol. The van der Waals surface area contributed by atoms with Crippen LogP contribution in [-0.4, -0.2) is 12.5 Å². The molecule has 0 saturated carbocycles. The first kappa shape index (κ1) is 15.4. The van der Waals surface area contributed by atoms with Gasteiger partial charge in [0.2, 0.25) is 5.91 Å². The first-order chi connectivity index (χ1) is 10.0. The van der Waals surface area contributed by atoms with E-state index in [1.807, 2.05) is 50.2 Å². The quantitative estimate of drug-likeness (QED) is 0.859. The van der Waals surface area contributed by atoms with E-state index >= 15 is 0 Å². The molecule has 0 aliphatic rings. The molecule has 0 aromatic heterocycles. The fourth-order valence-electron chi connectivity index (χ4n) is 2.09. The molecule has 3 nitrogen and oxygen atoms in total. The molecule has 1 amide bonds. The molecule has 4 heteroatoms. The second-order valence-corrected chi connectivity index (χ2v) is 5.49. The third-order valence-electron chi connectivity index (χ3n) is 3.16. The van der Waals surface area contributed by atoms with Crippen LogP contribution in [0, 0.1) is 13.8 Å². The Morgan fingerprint density at radius 1 is 1.14 bits per heavy atom. The average molecular weight is 303 g/mol. The number of nitrogens with one attached hydrogen (secondary N) is 2. The van der Waals surface area contributed by atoms with E-state index < -0.39 is 0 Å². The van der Waals surface area contributed by atoms with E-state index in [1.165, 1.54) is 5.56 Å². The maximum absolute atomic E-state index is 11.9. The summed E-state index contributed by atoms with van der Waals surface area (Å²) in [5, 5.41) is 6.79. The minimum absolute atomic E-state index is 0.00326. The predicted octanol–water partition coefficient (Wildman–Crippen LogP) is 4.40. The Hall–Kier alpha value is -2.00. The molecule has 0 radical (unpaired) electrons. The highest BCUT2D eigenvalue weighted by Gasteiger charge is 2.04. The van der Waals surface area contributed by atoms with E-state index in [4.69, 9.17) is 11.6 Å². The lowest BCUT2D eigenvalue weighted by Crippen LogP contribution is -2.16. The number of aryl methyl sites for hydroxylation is 2. The molecule has 2 aromatic rings. The molecule has 110 valence electrons. The number of benzene rings is 2. The lowest BCUT2D eigenvalue weighted by atomic mass is 10.1. The third-order valence-corrected chi connectivity index (χ3v) is 3.40. The molecule has 2 aromatic carbocycles. The number of anilines is 2. The van der Waals surface area contributed by atoms with Gasteiger partial charge in [0.15, 0.2) is 0 Å². The number of halogens is 1. The SMILES string of the molecule is Cc1ccc(NC(=O)CCNc2cccc(Cl)c2)c(C)c1. The second-order valence-electron chi connectivity index (χ2n) is 5.05. The minimum atomic E-state index is -0.00326. The Bertz CT molecular complexity index is 640. The van der Waals surface area contributed by atoms with Gasteiger partial charge in [-0.05, 0) is 43.7 Å². The van der Waals surface area contributed by atoms with Crippen LogP contribution in [0.4, 0.5) is 11.4 Å². The van der Waals surface area contributed by atoms with E-state index in [2.05, 4.69) is 16.7 Å². The molecule has 0 saturated heterocycles. The molecule has 2 N–H and O–H groups in total. The summed E-state index contributed by atoms with van der Waals surface area (Å²) < 4.78 is 0. The molecule has 0 bridgehead atoms. The van der Waals surface area contributed by atoms with Crippen LogP contribution in [0.1, 0.15) is 17.5 Å². The normalized spacial score (nSPS) is 10.2. The van der Waals surface area contributed by atoms with Crippen molar-refractivity contribution in [3.8, 4) is 0 Å². The van der Waals surface area contributed by atoms with Crippen molar-refractivity contribution < 1.29 is 4.79 Å². The Morgan fingerprint density at radius 3 is 2.67 bits per heavy atom. The van der Waals surface area contributed by atoms with E-state index in [9.17, 15) is 4.79 Å². The number of hydrogen-bond acceptors (Lipinski definition) is 2. The number of hydrogen-bond donors (Lipinski definition) is 2. The zero-order chi connectivity index (χ0) is 15.2. The maximum Gasteiger partial charge on any atom is 0.226 e. The molecular formula is C17H19ClN2O. The smallest absolute Gasteiger partial charge is 0.226 e. The Labute approximate surface area is 130 Å². The lowest BCUT2D eigenvalue weighted by molar-refractivity contribution is -0.115.